The van der Waals surface area contributed by atoms with E-state index in [0.717, 1.165) is 227 Å². The molecule has 0 unspecified atom stereocenters. The first-order valence-corrected chi connectivity index (χ1v) is 47.8. The molecule has 21 heteroatoms. The van der Waals surface area contributed by atoms with Crippen molar-refractivity contribution in [2.75, 3.05) is 33.2 Å². The summed E-state index contributed by atoms with van der Waals surface area (Å²) in [5.74, 6) is 0.423. The molecule has 135 heavy (non-hydrogen) atoms. The molecule has 0 radical (unpaired) electrons. The molecule has 0 atom stereocenters. The Bertz CT molecular complexity index is 6410. The monoisotopic (exact) mass is 1820 g/mol. The topological polar surface area (TPSA) is 303 Å². The lowest BCUT2D eigenvalue weighted by Crippen LogP contribution is -2.47. The number of piperazine rings is 1. The molecule has 4 aromatic carbocycles. The van der Waals surface area contributed by atoms with Gasteiger partial charge in [0, 0.05) is 228 Å². The number of hydrogen-bond acceptors (Lipinski definition) is 20. The Balaban J connectivity index is 0.000000153. The lowest BCUT2D eigenvalue weighted by molar-refractivity contribution is -0.116. The summed E-state index contributed by atoms with van der Waals surface area (Å²) in [5, 5.41) is 0. The molecule has 702 valence electrons. The van der Waals surface area contributed by atoms with E-state index in [-0.39, 0.29) is 75.3 Å². The van der Waals surface area contributed by atoms with Gasteiger partial charge in [0.1, 0.15) is 0 Å². The van der Waals surface area contributed by atoms with Crippen molar-refractivity contribution in [1.82, 2.24) is 14.8 Å². The minimum Gasteiger partial charge on any atom is -0.336 e. The van der Waals surface area contributed by atoms with Gasteiger partial charge >= 0.3 is 0 Å². The van der Waals surface area contributed by atoms with E-state index in [1.807, 2.05) is 71.6 Å². The number of carbonyl (C=O) groups excluding carboxylic acids is 13. The predicted octanol–water partition coefficient (Wildman–Crippen LogP) is 22.5. The van der Waals surface area contributed by atoms with E-state index in [2.05, 4.69) is 59.0 Å². The van der Waals surface area contributed by atoms with E-state index in [1.54, 1.807) is 117 Å². The summed E-state index contributed by atoms with van der Waals surface area (Å²) in [7, 11) is 2.08. The van der Waals surface area contributed by atoms with Crippen LogP contribution in [0.4, 0.5) is 28.4 Å². The van der Waals surface area contributed by atoms with Crippen molar-refractivity contribution in [1.29, 1.82) is 0 Å². The van der Waals surface area contributed by atoms with E-state index in [9.17, 15) is 62.3 Å². The van der Waals surface area contributed by atoms with Gasteiger partial charge in [-0.15, -0.1) is 0 Å². The average Bonchev–Trinajstić information content (AvgIpc) is 1.80. The van der Waals surface area contributed by atoms with Crippen molar-refractivity contribution < 1.29 is 62.3 Å². The minimum absolute atomic E-state index is 0.00217. The number of Topliss-reactive ketones (excluding diaryl/α,β-unsaturated/α-hetero) is 12. The molecule has 5 aliphatic carbocycles. The smallest absolute Gasteiger partial charge is 0.253 e. The normalized spacial score (nSPS) is 17.7. The van der Waals surface area contributed by atoms with Gasteiger partial charge in [0.05, 0.1) is 34.1 Å². The molecule has 7 heterocycles. The molecule has 21 nitrogen and oxygen atoms in total. The Kier molecular flexibility index (Phi) is 33.4. The fourth-order valence-corrected chi connectivity index (χ4v) is 19.0. The molecule has 0 bridgehead atoms. The van der Waals surface area contributed by atoms with Crippen molar-refractivity contribution >= 4 is 132 Å². The van der Waals surface area contributed by atoms with Gasteiger partial charge < -0.3 is 9.80 Å². The maximum Gasteiger partial charge on any atom is 0.253 e. The molecule has 1 fully saturated rings. The van der Waals surface area contributed by atoms with Gasteiger partial charge in [-0.3, -0.25) is 92.3 Å². The number of likely N-dealkylation sites (N-methyl/N-ethyl adjacent to an activating group) is 1. The van der Waals surface area contributed by atoms with Crippen LogP contribution in [-0.2, 0) is 80.0 Å². The van der Waals surface area contributed by atoms with Crippen LogP contribution in [0.5, 0.6) is 0 Å². The SMILES string of the molecule is CC(=O)c1ccc2c(c1)CC(CCCC1=C(C)C(=O)C(C)=C(C)C1=O)=N2.CC1=C(C)C(=O)C(CCCC2=Nc3cc(C)ccc3C2)=C(C)C1=O.CC1=C(C)C(=O)C(CCCC2=Nc3ccc(C(=O)N4CCN(C)CC4)cc3C2)=C(C)C1=O.CC1=C(C)C(=O)C(CCCC2=Nc3cccnc3C2)=C(C)C1=O.CCCCCC(=O)c1ccc2c(c1)CC(CCCC1=C(C)C(=O)C(C)=C(C)C1=O)=N2. The number of rotatable bonds is 27. The molecular weight excluding hydrogens is 1690 g/mol. The third-order valence-corrected chi connectivity index (χ3v) is 28.5. The highest BCUT2D eigenvalue weighted by atomic mass is 16.2. The molecule has 1 amide bonds. The second-order valence-corrected chi connectivity index (χ2v) is 37.8. The summed E-state index contributed by atoms with van der Waals surface area (Å²) in [6.45, 7) is 35.2. The second-order valence-electron chi connectivity index (χ2n) is 37.8. The van der Waals surface area contributed by atoms with E-state index in [1.165, 1.54) is 16.8 Å². The van der Waals surface area contributed by atoms with Crippen LogP contribution in [0.1, 0.15) is 304 Å². The Morgan fingerprint density at radius 3 is 0.985 bits per heavy atom. The molecule has 1 aromatic heterocycles. The largest absolute Gasteiger partial charge is 0.336 e. The zero-order valence-corrected chi connectivity index (χ0v) is 82.3. The Morgan fingerprint density at radius 1 is 0.304 bits per heavy atom. The van der Waals surface area contributed by atoms with Crippen molar-refractivity contribution in [3.8, 4) is 0 Å². The molecule has 11 aliphatic rings. The lowest BCUT2D eigenvalue weighted by Gasteiger charge is -2.32. The minimum atomic E-state index is -0.0144. The number of ketones is 12. The van der Waals surface area contributed by atoms with Gasteiger partial charge in [0.25, 0.3) is 5.91 Å². The van der Waals surface area contributed by atoms with E-state index in [0.29, 0.717) is 156 Å². The fraction of sp³-hybridized carbons (Fsp3) is 0.412. The van der Waals surface area contributed by atoms with Gasteiger partial charge in [-0.25, -0.2) is 0 Å². The van der Waals surface area contributed by atoms with E-state index in [4.69, 9.17) is 15.0 Å². The molecular formula is C114H128N8O13. The highest BCUT2D eigenvalue weighted by molar-refractivity contribution is 6.28. The Labute approximate surface area is 794 Å². The maximum atomic E-state index is 12.9. The van der Waals surface area contributed by atoms with E-state index < -0.39 is 0 Å². The number of hydrogen-bond donors (Lipinski definition) is 0. The zero-order valence-electron chi connectivity index (χ0n) is 82.3. The maximum absolute atomic E-state index is 12.9. The van der Waals surface area contributed by atoms with Crippen LogP contribution in [-0.4, -0.2) is 152 Å². The molecule has 6 aliphatic heterocycles. The Hall–Kier alpha value is -12.8. The number of amides is 1. The molecule has 5 aromatic rings. The molecule has 0 N–H and O–H groups in total. The van der Waals surface area contributed by atoms with Crippen LogP contribution in [0.25, 0.3) is 0 Å². The fourth-order valence-electron chi connectivity index (χ4n) is 19.0. The molecule has 0 saturated carbocycles. The van der Waals surface area contributed by atoms with Gasteiger partial charge in [0.15, 0.2) is 69.4 Å². The molecule has 16 rings (SSSR count). The first kappa shape index (κ1) is 101. The number of allylic oxidation sites excluding steroid dienone is 20. The number of pyridine rings is 1. The van der Waals surface area contributed by atoms with Crippen LogP contribution in [0.2, 0.25) is 0 Å². The zero-order chi connectivity index (χ0) is 97.8. The summed E-state index contributed by atoms with van der Waals surface area (Å²) in [6.07, 6.45) is 20.6. The number of nitrogens with zero attached hydrogens (tertiary/aromatic N) is 8. The number of unbranched alkanes of at least 4 members (excludes halogenated alkanes) is 2. The van der Waals surface area contributed by atoms with Crippen molar-refractivity contribution in [2.45, 2.75) is 279 Å². The third kappa shape index (κ3) is 23.4. The number of benzene rings is 4. The number of aromatic nitrogens is 1. The first-order valence-electron chi connectivity index (χ1n) is 47.8. The van der Waals surface area contributed by atoms with Gasteiger partial charge in [-0.2, -0.15) is 0 Å². The third-order valence-electron chi connectivity index (χ3n) is 28.5. The second kappa shape index (κ2) is 44.6. The predicted molar refractivity (Wildman–Crippen MR) is 535 cm³/mol. The van der Waals surface area contributed by atoms with E-state index >= 15 is 0 Å². The highest BCUT2D eigenvalue weighted by Gasteiger charge is 2.35. The number of fused-ring (bicyclic) bond motifs is 5. The number of aryl methyl sites for hydroxylation is 1. The summed E-state index contributed by atoms with van der Waals surface area (Å²) < 4.78 is 0. The van der Waals surface area contributed by atoms with Gasteiger partial charge in [-0.1, -0.05) is 31.9 Å². The van der Waals surface area contributed by atoms with Crippen LogP contribution in [0.3, 0.4) is 0 Å². The highest BCUT2D eigenvalue weighted by Crippen LogP contribution is 2.39. The van der Waals surface area contributed by atoms with Gasteiger partial charge in [0.2, 0.25) is 0 Å². The summed E-state index contributed by atoms with van der Waals surface area (Å²) >= 11 is 0. The number of carbonyl (C=O) groups is 13. The van der Waals surface area contributed by atoms with Gasteiger partial charge in [-0.05, 0) is 328 Å². The first-order chi connectivity index (χ1) is 64.2. The van der Waals surface area contributed by atoms with Crippen LogP contribution >= 0.6 is 0 Å². The quantitative estimate of drug-likeness (QED) is 0.0268. The summed E-state index contributed by atoms with van der Waals surface area (Å²) in [5.41, 5.74) is 31.4. The molecule has 0 spiro atoms. The number of aliphatic imine (C=N–C) groups is 5. The van der Waals surface area contributed by atoms with Crippen LogP contribution in [0.15, 0.2) is 228 Å². The van der Waals surface area contributed by atoms with Crippen LogP contribution in [0, 0.1) is 6.92 Å². The average molecular weight is 1820 g/mol. The van der Waals surface area contributed by atoms with Crippen LogP contribution < -0.4 is 0 Å². The van der Waals surface area contributed by atoms with Crippen molar-refractivity contribution in [3.05, 3.63) is 253 Å². The lowest BCUT2D eigenvalue weighted by atomic mass is 9.84. The summed E-state index contributed by atoms with van der Waals surface area (Å²) in [4.78, 5) is 192. The molecule has 1 saturated heterocycles. The Morgan fingerprint density at radius 2 is 0.622 bits per heavy atom. The standard InChI is InChI=1S/C26H31N3O3.C26H31NO3.C22H23NO3.C21H23NO2.C19H20N2O2/c1-16-17(2)25(31)22(18(3)24(16)30)7-5-6-21-15-20-14-19(8-9-23(20)27-21)26(32)29-12-10-28(4)11-13-29;1-5-6-7-11-24(28)19-12-13-23-20(14-19)15-21(27-23)9-8-10-22-18(4)25(29)16(2)17(3)26(22)30;1-12-13(2)22(26)19(14(3)21(12)25)7-5-6-18-11-17-10-16(15(4)24)8-9-20(17)23-18;1-12-8-9-16-11-17(22-19(16)10-12)6-5-7-18-15(4)20(23)13(2)14(3)21(18)24;1-11-12(2)19(23)15(13(3)18(11)22)7-4-6-14-10-17-16(21-14)8-5-9-20-17/h8-9,14H,5-7,10-13,15H2,1-4H3;12-14H,5-11,15H2,1-4H3;8-10H,5-7,11H2,1-4H3;8-10H,5-7,11H2,1-4H3;5,8-9H,4,6-7,10H2,1-3H3. The summed E-state index contributed by atoms with van der Waals surface area (Å²) in [6, 6.07) is 27.5. The van der Waals surface area contributed by atoms with Crippen molar-refractivity contribution in [3.63, 3.8) is 0 Å². The van der Waals surface area contributed by atoms with Crippen molar-refractivity contribution in [2.24, 2.45) is 25.0 Å².